The fraction of sp³-hybridized carbons (Fsp3) is 0.348. The molecule has 8 heteroatoms. The van der Waals surface area contributed by atoms with Gasteiger partial charge in [-0.2, -0.15) is 5.10 Å². The Morgan fingerprint density at radius 3 is 2.71 bits per heavy atom. The van der Waals surface area contributed by atoms with Gasteiger partial charge in [-0.15, -0.1) is 5.10 Å². The fourth-order valence-electron chi connectivity index (χ4n) is 6.45. The van der Waals surface area contributed by atoms with Crippen molar-refractivity contribution >= 4 is 5.91 Å². The molecular weight excluding hydrogens is 400 g/mol. The highest BCUT2D eigenvalue weighted by Crippen LogP contribution is 2.77. The molecule has 2 fully saturated rings. The quantitative estimate of drug-likeness (QED) is 0.701. The van der Waals surface area contributed by atoms with Crippen molar-refractivity contribution in [2.75, 3.05) is 0 Å². The molecule has 2 unspecified atom stereocenters. The van der Waals surface area contributed by atoms with E-state index in [1.54, 1.807) is 12.3 Å². The van der Waals surface area contributed by atoms with Crippen molar-refractivity contribution < 1.29 is 13.6 Å². The average molecular weight is 419 g/mol. The van der Waals surface area contributed by atoms with Gasteiger partial charge in [-0.3, -0.25) is 9.78 Å². The molecule has 4 atom stereocenters. The lowest BCUT2D eigenvalue weighted by molar-refractivity contribution is -0.0451. The lowest BCUT2D eigenvalue weighted by Gasteiger charge is -2.64. The first-order chi connectivity index (χ1) is 14.9. The topological polar surface area (TPSA) is 94.6 Å². The Labute approximate surface area is 176 Å². The minimum absolute atomic E-state index is 0.0882. The van der Waals surface area contributed by atoms with Crippen LogP contribution in [0.5, 0.6) is 0 Å². The molecule has 31 heavy (non-hydrogen) atoms. The number of hydrogen-bond acceptors (Lipinski definition) is 5. The summed E-state index contributed by atoms with van der Waals surface area (Å²) in [6.07, 6.45) is 5.79. The number of primary amides is 1. The maximum Gasteiger partial charge on any atom is 0.268 e. The van der Waals surface area contributed by atoms with Gasteiger partial charge in [0.15, 0.2) is 0 Å². The molecule has 0 saturated heterocycles. The molecule has 0 aliphatic heterocycles. The van der Waals surface area contributed by atoms with Gasteiger partial charge >= 0.3 is 0 Å². The van der Waals surface area contributed by atoms with Crippen molar-refractivity contribution in [2.24, 2.45) is 17.1 Å². The number of halogens is 2. The van der Waals surface area contributed by atoms with Crippen molar-refractivity contribution in [3.63, 3.8) is 0 Å². The molecule has 2 saturated carbocycles. The van der Waals surface area contributed by atoms with Gasteiger partial charge in [0.2, 0.25) is 0 Å². The maximum absolute atomic E-state index is 14.4. The number of amides is 1. The van der Waals surface area contributed by atoms with Crippen LogP contribution in [-0.2, 0) is 5.41 Å². The third kappa shape index (κ3) is 2.12. The van der Waals surface area contributed by atoms with Crippen LogP contribution in [0.1, 0.15) is 59.5 Å². The van der Waals surface area contributed by atoms with Crippen molar-refractivity contribution in [1.82, 2.24) is 20.2 Å². The molecular formula is C23H19F2N5O. The molecule has 156 valence electrons. The summed E-state index contributed by atoms with van der Waals surface area (Å²) >= 11 is 0. The molecule has 6 nitrogen and oxygen atoms in total. The first-order valence-electron chi connectivity index (χ1n) is 10.3. The van der Waals surface area contributed by atoms with Crippen LogP contribution in [0, 0.1) is 23.0 Å². The SMILES string of the molecule is CC12CCC3c4cc(-c5c(F)cccc5F)nnc4[C@@]1(c1cncc(C(N)=O)n1)C[C@H]32. The number of nitrogens with two attached hydrogens (primary N) is 1. The number of rotatable bonds is 3. The van der Waals surface area contributed by atoms with E-state index in [0.29, 0.717) is 11.6 Å². The molecule has 3 aliphatic carbocycles. The third-order valence-corrected chi connectivity index (χ3v) is 7.95. The summed E-state index contributed by atoms with van der Waals surface area (Å²) < 4.78 is 28.8. The Morgan fingerprint density at radius 1 is 1.19 bits per heavy atom. The molecule has 2 aromatic heterocycles. The second-order valence-electron chi connectivity index (χ2n) is 9.06. The Hall–Kier alpha value is -3.29. The maximum atomic E-state index is 14.4. The molecule has 6 rings (SSSR count). The van der Waals surface area contributed by atoms with Crippen molar-refractivity contribution in [3.8, 4) is 11.3 Å². The van der Waals surface area contributed by atoms with Crippen LogP contribution in [0.15, 0.2) is 36.7 Å². The summed E-state index contributed by atoms with van der Waals surface area (Å²) in [7, 11) is 0. The lowest BCUT2D eigenvalue weighted by Crippen LogP contribution is -2.62. The Kier molecular flexibility index (Phi) is 3.52. The summed E-state index contributed by atoms with van der Waals surface area (Å²) in [4.78, 5) is 20.5. The van der Waals surface area contributed by atoms with E-state index in [1.165, 1.54) is 24.4 Å². The summed E-state index contributed by atoms with van der Waals surface area (Å²) in [6, 6.07) is 5.55. The van der Waals surface area contributed by atoms with Gasteiger partial charge in [-0.05, 0) is 60.3 Å². The van der Waals surface area contributed by atoms with Gasteiger partial charge < -0.3 is 5.73 Å². The molecule has 3 aliphatic rings. The Bertz CT molecular complexity index is 1260. The highest BCUT2D eigenvalue weighted by molar-refractivity contribution is 5.90. The van der Waals surface area contributed by atoms with Crippen LogP contribution in [-0.4, -0.2) is 26.1 Å². The zero-order valence-electron chi connectivity index (χ0n) is 16.8. The Morgan fingerprint density at radius 2 is 1.97 bits per heavy atom. The van der Waals surface area contributed by atoms with E-state index in [2.05, 4.69) is 27.1 Å². The summed E-state index contributed by atoms with van der Waals surface area (Å²) in [5.74, 6) is -1.30. The van der Waals surface area contributed by atoms with Gasteiger partial charge in [-0.25, -0.2) is 13.8 Å². The predicted octanol–water partition coefficient (Wildman–Crippen LogP) is 3.51. The first-order valence-corrected chi connectivity index (χ1v) is 10.3. The zero-order chi connectivity index (χ0) is 21.5. The van der Waals surface area contributed by atoms with Crippen LogP contribution >= 0.6 is 0 Å². The number of fused-ring (bicyclic) bond motifs is 3. The average Bonchev–Trinajstić information content (AvgIpc) is 2.98. The third-order valence-electron chi connectivity index (χ3n) is 7.95. The monoisotopic (exact) mass is 419 g/mol. The number of carbonyl (C=O) groups is 1. The van der Waals surface area contributed by atoms with Crippen LogP contribution in [0.2, 0.25) is 0 Å². The van der Waals surface area contributed by atoms with E-state index in [-0.39, 0.29) is 28.3 Å². The molecule has 4 bridgehead atoms. The van der Waals surface area contributed by atoms with E-state index in [0.717, 1.165) is 30.5 Å². The molecule has 0 radical (unpaired) electrons. The molecule has 1 amide bonds. The van der Waals surface area contributed by atoms with Crippen molar-refractivity contribution in [2.45, 2.75) is 37.5 Å². The minimum Gasteiger partial charge on any atom is -0.364 e. The normalized spacial score (nSPS) is 29.9. The van der Waals surface area contributed by atoms with E-state index in [1.807, 2.05) is 0 Å². The highest BCUT2D eigenvalue weighted by Gasteiger charge is 2.73. The van der Waals surface area contributed by atoms with Crippen LogP contribution in [0.4, 0.5) is 8.78 Å². The predicted molar refractivity (Wildman–Crippen MR) is 107 cm³/mol. The van der Waals surface area contributed by atoms with Crippen LogP contribution < -0.4 is 5.73 Å². The standard InChI is InChI=1S/C23H19F2N5O/c1-22-6-5-11-12-7-16(19-14(24)3-2-4-15(19)25)29-30-20(12)23(22,8-13(11)22)18-10-27-9-17(28-18)21(26)31/h2-4,7,9-11,13H,5-6,8H2,1H3,(H2,26,31)/t11?,13-,22?,23+/m1/s1. The number of benzene rings is 1. The van der Waals surface area contributed by atoms with Gasteiger partial charge in [-0.1, -0.05) is 13.0 Å². The van der Waals surface area contributed by atoms with Gasteiger partial charge in [0.25, 0.3) is 5.91 Å². The summed E-state index contributed by atoms with van der Waals surface area (Å²) in [5.41, 5.74) is 7.34. The minimum atomic E-state index is -0.666. The number of nitrogens with zero attached hydrogens (tertiary/aromatic N) is 4. The molecule has 2 N–H and O–H groups in total. The second-order valence-corrected chi connectivity index (χ2v) is 9.06. The highest BCUT2D eigenvalue weighted by atomic mass is 19.1. The van der Waals surface area contributed by atoms with E-state index >= 15 is 0 Å². The van der Waals surface area contributed by atoms with Crippen LogP contribution in [0.25, 0.3) is 11.3 Å². The van der Waals surface area contributed by atoms with Crippen molar-refractivity contribution in [3.05, 3.63) is 70.9 Å². The first kappa shape index (κ1) is 18.5. The molecule has 3 aromatic rings. The number of aromatic nitrogens is 4. The molecule has 1 aromatic carbocycles. The second kappa shape index (κ2) is 5.90. The van der Waals surface area contributed by atoms with E-state index in [9.17, 15) is 13.6 Å². The van der Waals surface area contributed by atoms with Gasteiger partial charge in [0, 0.05) is 6.20 Å². The molecule has 2 heterocycles. The van der Waals surface area contributed by atoms with Crippen molar-refractivity contribution in [1.29, 1.82) is 0 Å². The van der Waals surface area contributed by atoms with Gasteiger partial charge in [0.1, 0.15) is 17.3 Å². The summed E-state index contributed by atoms with van der Waals surface area (Å²) in [6.45, 7) is 2.23. The fourth-order valence-corrected chi connectivity index (χ4v) is 6.45. The smallest absolute Gasteiger partial charge is 0.268 e. The molecule has 0 spiro atoms. The number of hydrogen-bond donors (Lipinski definition) is 1. The van der Waals surface area contributed by atoms with E-state index in [4.69, 9.17) is 5.73 Å². The lowest BCUT2D eigenvalue weighted by atomic mass is 9.38. The largest absolute Gasteiger partial charge is 0.364 e. The van der Waals surface area contributed by atoms with Crippen LogP contribution in [0.3, 0.4) is 0 Å². The Balaban J connectivity index is 1.58. The van der Waals surface area contributed by atoms with E-state index < -0.39 is 23.0 Å². The summed E-state index contributed by atoms with van der Waals surface area (Å²) in [5, 5.41) is 8.78. The zero-order valence-corrected chi connectivity index (χ0v) is 16.8. The van der Waals surface area contributed by atoms with Gasteiger partial charge in [0.05, 0.1) is 34.3 Å². The number of carbonyl (C=O) groups excluding carboxylic acids is 1.